The van der Waals surface area contributed by atoms with Crippen molar-refractivity contribution in [2.75, 3.05) is 13.7 Å². The van der Waals surface area contributed by atoms with Gasteiger partial charge < -0.3 is 23.5 Å². The van der Waals surface area contributed by atoms with E-state index in [1.807, 2.05) is 0 Å². The molecule has 118 valence electrons. The molecule has 0 aliphatic rings. The van der Waals surface area contributed by atoms with Crippen molar-refractivity contribution < 1.29 is 57.8 Å². The molecule has 22 heavy (non-hydrogen) atoms. The summed E-state index contributed by atoms with van der Waals surface area (Å²) in [7, 11) is -3.23. The average Bonchev–Trinajstić information content (AvgIpc) is 2.43. The summed E-state index contributed by atoms with van der Waals surface area (Å²) in [6.07, 6.45) is 0.0715. The van der Waals surface area contributed by atoms with Crippen molar-refractivity contribution in [3.63, 3.8) is 0 Å². The van der Waals surface area contributed by atoms with Crippen LogP contribution >= 0.6 is 30.8 Å². The molecule has 0 N–H and O–H groups in total. The minimum absolute atomic E-state index is 0. The Morgan fingerprint density at radius 2 is 2.05 bits per heavy atom. The minimum atomic E-state index is -4.24. The van der Waals surface area contributed by atoms with Gasteiger partial charge >= 0.3 is 35.5 Å². The van der Waals surface area contributed by atoms with E-state index in [1.165, 1.54) is 12.1 Å². The number of ether oxygens (including phenoxy) is 2. The van der Waals surface area contributed by atoms with Gasteiger partial charge in [-0.1, -0.05) is 30.1 Å². The van der Waals surface area contributed by atoms with E-state index in [0.717, 1.165) is 7.11 Å². The molecule has 0 spiro atoms. The fourth-order valence-electron chi connectivity index (χ4n) is 1.40. The predicted octanol–water partition coefficient (Wildman–Crippen LogP) is -0.145. The maximum Gasteiger partial charge on any atom is 1.00 e. The largest absolute Gasteiger partial charge is 1.00 e. The number of benzene rings is 1. The first-order chi connectivity index (χ1) is 9.80. The standard InChI is InChI=1S/C12H15Cl2O6P.Na/c1-3-12(21(16,17)18-2)20-11(15)7-19-10-5-4-8(13)6-9(10)14;/h4-6,12H,3,7H2,1-2H3,(H,16,17);/q;+1/p-1. The summed E-state index contributed by atoms with van der Waals surface area (Å²) < 4.78 is 25.8. The van der Waals surface area contributed by atoms with E-state index in [2.05, 4.69) is 4.52 Å². The Balaban J connectivity index is 0.00000441. The van der Waals surface area contributed by atoms with Crippen LogP contribution < -0.4 is 39.2 Å². The Morgan fingerprint density at radius 3 is 2.55 bits per heavy atom. The molecule has 0 aliphatic heterocycles. The molecule has 10 heteroatoms. The maximum atomic E-state index is 11.6. The van der Waals surface area contributed by atoms with Crippen LogP contribution in [-0.2, 0) is 18.6 Å². The van der Waals surface area contributed by atoms with Gasteiger partial charge in [-0.15, -0.1) is 0 Å². The number of rotatable bonds is 7. The molecule has 6 nitrogen and oxygen atoms in total. The number of hydrogen-bond acceptors (Lipinski definition) is 6. The Kier molecular flexibility index (Phi) is 10.3. The van der Waals surface area contributed by atoms with Crippen LogP contribution in [0.4, 0.5) is 0 Å². The Morgan fingerprint density at radius 1 is 1.41 bits per heavy atom. The quantitative estimate of drug-likeness (QED) is 0.373. The molecule has 2 unspecified atom stereocenters. The molecule has 0 saturated heterocycles. The zero-order valence-corrected chi connectivity index (χ0v) is 16.8. The predicted molar refractivity (Wildman–Crippen MR) is 76.7 cm³/mol. The van der Waals surface area contributed by atoms with Crippen molar-refractivity contribution in [3.8, 4) is 5.75 Å². The smallest absolute Gasteiger partial charge is 0.776 e. The number of hydrogen-bond donors (Lipinski definition) is 0. The third kappa shape index (κ3) is 6.77. The van der Waals surface area contributed by atoms with Crippen molar-refractivity contribution in [1.82, 2.24) is 0 Å². The van der Waals surface area contributed by atoms with Gasteiger partial charge in [0.2, 0.25) is 0 Å². The minimum Gasteiger partial charge on any atom is -0.776 e. The van der Waals surface area contributed by atoms with Crippen LogP contribution in [0.5, 0.6) is 5.75 Å². The first kappa shape index (κ1) is 22.2. The molecule has 2 atom stereocenters. The van der Waals surface area contributed by atoms with Crippen molar-refractivity contribution in [2.45, 2.75) is 19.2 Å². The first-order valence-electron chi connectivity index (χ1n) is 5.94. The zero-order chi connectivity index (χ0) is 16.0. The van der Waals surface area contributed by atoms with Crippen LogP contribution in [0.2, 0.25) is 10.0 Å². The van der Waals surface area contributed by atoms with Gasteiger partial charge in [0, 0.05) is 12.1 Å². The van der Waals surface area contributed by atoms with Crippen LogP contribution in [0.25, 0.3) is 0 Å². The third-order valence-electron chi connectivity index (χ3n) is 2.46. The fraction of sp³-hybridized carbons (Fsp3) is 0.417. The van der Waals surface area contributed by atoms with E-state index in [-0.39, 0.29) is 46.8 Å². The number of halogens is 2. The molecule has 0 amide bonds. The SMILES string of the molecule is CCC(OC(=O)COc1ccc(Cl)cc1Cl)P(=O)([O-])OC.[Na+]. The van der Waals surface area contributed by atoms with Gasteiger partial charge in [-0.2, -0.15) is 0 Å². The fourth-order valence-corrected chi connectivity index (χ4v) is 2.80. The number of carbonyl (C=O) groups is 1. The van der Waals surface area contributed by atoms with Crippen LogP contribution in [0.3, 0.4) is 0 Å². The van der Waals surface area contributed by atoms with E-state index in [0.29, 0.717) is 5.02 Å². The zero-order valence-electron chi connectivity index (χ0n) is 12.4. The van der Waals surface area contributed by atoms with Crippen molar-refractivity contribution in [2.24, 2.45) is 0 Å². The molecule has 0 fully saturated rings. The number of esters is 1. The normalized spacial score (nSPS) is 14.4. The van der Waals surface area contributed by atoms with Crippen LogP contribution in [-0.4, -0.2) is 25.5 Å². The van der Waals surface area contributed by atoms with E-state index in [9.17, 15) is 14.3 Å². The van der Waals surface area contributed by atoms with Crippen molar-refractivity contribution in [3.05, 3.63) is 28.2 Å². The van der Waals surface area contributed by atoms with Crippen molar-refractivity contribution >= 4 is 36.8 Å². The van der Waals surface area contributed by atoms with Gasteiger partial charge in [0.25, 0.3) is 0 Å². The van der Waals surface area contributed by atoms with E-state index in [1.54, 1.807) is 13.0 Å². The Bertz CT molecular complexity index is 556. The molecule has 0 radical (unpaired) electrons. The van der Waals surface area contributed by atoms with E-state index >= 15 is 0 Å². The van der Waals surface area contributed by atoms with Crippen molar-refractivity contribution in [1.29, 1.82) is 0 Å². The summed E-state index contributed by atoms with van der Waals surface area (Å²) >= 11 is 11.6. The van der Waals surface area contributed by atoms with Gasteiger partial charge in [-0.25, -0.2) is 4.79 Å². The summed E-state index contributed by atoms with van der Waals surface area (Å²) in [5, 5.41) is 0.655. The Hall–Kier alpha value is 0.220. The molecule has 1 aromatic rings. The maximum absolute atomic E-state index is 11.6. The molecule has 1 aromatic carbocycles. The monoisotopic (exact) mass is 378 g/mol. The Labute approximate surface area is 160 Å². The summed E-state index contributed by atoms with van der Waals surface area (Å²) in [6, 6.07) is 4.48. The second-order valence-electron chi connectivity index (χ2n) is 3.94. The van der Waals surface area contributed by atoms with Gasteiger partial charge in [-0.05, 0) is 24.6 Å². The summed E-state index contributed by atoms with van der Waals surface area (Å²) in [4.78, 5) is 23.1. The number of carbonyl (C=O) groups excluding carboxylic acids is 1. The molecular formula is C12H14Cl2NaO6P. The second-order valence-corrected chi connectivity index (χ2v) is 6.80. The molecule has 1 rings (SSSR count). The van der Waals surface area contributed by atoms with E-state index < -0.39 is 26.0 Å². The molecule has 0 heterocycles. The second kappa shape index (κ2) is 10.2. The van der Waals surface area contributed by atoms with Crippen LogP contribution in [0.15, 0.2) is 18.2 Å². The van der Waals surface area contributed by atoms with Gasteiger partial charge in [0.1, 0.15) is 5.75 Å². The molecular weight excluding hydrogens is 365 g/mol. The summed E-state index contributed by atoms with van der Waals surface area (Å²) in [5.41, 5.74) is 0. The molecule has 0 saturated carbocycles. The summed E-state index contributed by atoms with van der Waals surface area (Å²) in [6.45, 7) is 1.07. The molecule has 0 aromatic heterocycles. The van der Waals surface area contributed by atoms with Crippen LogP contribution in [0, 0.1) is 0 Å². The van der Waals surface area contributed by atoms with E-state index in [4.69, 9.17) is 32.7 Å². The van der Waals surface area contributed by atoms with Gasteiger partial charge in [0.05, 0.1) is 5.02 Å². The first-order valence-corrected chi connectivity index (χ1v) is 8.30. The third-order valence-corrected chi connectivity index (χ3v) is 4.68. The topological polar surface area (TPSA) is 84.9 Å². The summed E-state index contributed by atoms with van der Waals surface area (Å²) in [5.74, 6) is -1.96. The average molecular weight is 379 g/mol. The van der Waals surface area contributed by atoms with Gasteiger partial charge in [0.15, 0.2) is 20.0 Å². The van der Waals surface area contributed by atoms with Crippen LogP contribution in [0.1, 0.15) is 13.3 Å². The van der Waals surface area contributed by atoms with Gasteiger partial charge in [-0.3, -0.25) is 0 Å². The molecule has 0 aliphatic carbocycles. The molecule has 0 bridgehead atoms.